The Hall–Kier alpha value is -2.34. The van der Waals surface area contributed by atoms with Crippen LogP contribution in [-0.4, -0.2) is 23.0 Å². The van der Waals surface area contributed by atoms with E-state index in [1.807, 2.05) is 0 Å². The van der Waals surface area contributed by atoms with Gasteiger partial charge in [-0.25, -0.2) is 13.8 Å². The number of carbonyl (C=O) groups is 1. The largest absolute Gasteiger partial charge is 0.481 e. The number of aliphatic hydroxyl groups excluding tert-OH is 1. The van der Waals surface area contributed by atoms with Crippen LogP contribution in [0.25, 0.3) is 11.1 Å². The Bertz CT molecular complexity index is 775. The number of carbonyl (C=O) groups excluding carboxylic acids is 1. The lowest BCUT2D eigenvalue weighted by Crippen LogP contribution is -2.09. The number of pyridine rings is 1. The van der Waals surface area contributed by atoms with E-state index in [1.165, 1.54) is 26.3 Å². The standard InChI is InChI=1S/C18H19F2NO3/c1-9-5-12(16(23)11(3)22)7-14(17(19)20)15(9)13-6-10(2)18(24-4)21-8-13/h5-8,16-17,23H,1-4H3. The number of ether oxygens (including phenoxy) is 1. The molecule has 0 bridgehead atoms. The highest BCUT2D eigenvalue weighted by molar-refractivity contribution is 5.82. The number of ketones is 1. The molecule has 0 aliphatic heterocycles. The van der Waals surface area contributed by atoms with Crippen molar-refractivity contribution in [2.45, 2.75) is 33.3 Å². The third-order valence-electron chi connectivity index (χ3n) is 3.84. The van der Waals surface area contributed by atoms with Crippen molar-refractivity contribution in [2.24, 2.45) is 0 Å². The van der Waals surface area contributed by atoms with Gasteiger partial charge >= 0.3 is 0 Å². The Balaban J connectivity index is 2.65. The predicted octanol–water partition coefficient (Wildman–Crippen LogP) is 3.93. The summed E-state index contributed by atoms with van der Waals surface area (Å²) < 4.78 is 32.2. The first-order valence-corrected chi connectivity index (χ1v) is 7.38. The summed E-state index contributed by atoms with van der Waals surface area (Å²) in [5.41, 5.74) is 2.07. The lowest BCUT2D eigenvalue weighted by atomic mass is 9.91. The summed E-state index contributed by atoms with van der Waals surface area (Å²) in [7, 11) is 1.49. The Morgan fingerprint density at radius 3 is 2.38 bits per heavy atom. The number of methoxy groups -OCH3 is 1. The number of Topliss-reactive ketones (excluding diaryl/α,β-unsaturated/α-hetero) is 1. The number of halogens is 2. The molecule has 0 amide bonds. The van der Waals surface area contributed by atoms with Gasteiger partial charge in [-0.1, -0.05) is 6.07 Å². The van der Waals surface area contributed by atoms with Crippen LogP contribution in [0.15, 0.2) is 24.4 Å². The van der Waals surface area contributed by atoms with Gasteiger partial charge in [-0.2, -0.15) is 0 Å². The maximum atomic E-state index is 13.6. The van der Waals surface area contributed by atoms with E-state index in [-0.39, 0.29) is 11.1 Å². The molecule has 0 fully saturated rings. The average Bonchev–Trinajstić information content (AvgIpc) is 2.53. The van der Waals surface area contributed by atoms with Gasteiger partial charge in [-0.05, 0) is 49.6 Å². The van der Waals surface area contributed by atoms with Crippen LogP contribution in [0.4, 0.5) is 8.78 Å². The molecule has 4 nitrogen and oxygen atoms in total. The van der Waals surface area contributed by atoms with Gasteiger partial charge in [0.15, 0.2) is 5.78 Å². The van der Waals surface area contributed by atoms with E-state index >= 15 is 0 Å². The molecule has 0 spiro atoms. The summed E-state index contributed by atoms with van der Waals surface area (Å²) in [6.07, 6.45) is -2.69. The molecule has 2 aromatic rings. The summed E-state index contributed by atoms with van der Waals surface area (Å²) >= 11 is 0. The van der Waals surface area contributed by atoms with E-state index in [0.29, 0.717) is 22.6 Å². The zero-order valence-corrected chi connectivity index (χ0v) is 13.9. The molecular formula is C18H19F2NO3. The minimum absolute atomic E-state index is 0.164. The summed E-state index contributed by atoms with van der Waals surface area (Å²) in [5, 5.41) is 9.88. The van der Waals surface area contributed by atoms with Crippen molar-refractivity contribution in [3.05, 3.63) is 46.6 Å². The van der Waals surface area contributed by atoms with Crippen LogP contribution in [0.2, 0.25) is 0 Å². The monoisotopic (exact) mass is 335 g/mol. The molecule has 0 aliphatic carbocycles. The molecule has 0 radical (unpaired) electrons. The molecule has 0 aliphatic rings. The lowest BCUT2D eigenvalue weighted by molar-refractivity contribution is -0.125. The topological polar surface area (TPSA) is 59.4 Å². The third kappa shape index (κ3) is 3.43. The zero-order chi connectivity index (χ0) is 18.0. The zero-order valence-electron chi connectivity index (χ0n) is 13.9. The number of hydrogen-bond donors (Lipinski definition) is 1. The minimum atomic E-state index is -2.75. The fourth-order valence-electron chi connectivity index (χ4n) is 2.71. The minimum Gasteiger partial charge on any atom is -0.481 e. The van der Waals surface area contributed by atoms with Crippen molar-refractivity contribution < 1.29 is 23.4 Å². The highest BCUT2D eigenvalue weighted by atomic mass is 19.3. The van der Waals surface area contributed by atoms with Gasteiger partial charge < -0.3 is 9.84 Å². The molecular weight excluding hydrogens is 316 g/mol. The number of aliphatic hydroxyl groups is 1. The van der Waals surface area contributed by atoms with Crippen molar-refractivity contribution in [2.75, 3.05) is 7.11 Å². The fourth-order valence-corrected chi connectivity index (χ4v) is 2.71. The molecule has 2 rings (SSSR count). The molecule has 1 atom stereocenters. The van der Waals surface area contributed by atoms with Gasteiger partial charge in [0.05, 0.1) is 7.11 Å². The molecule has 0 saturated carbocycles. The van der Waals surface area contributed by atoms with Gasteiger partial charge in [0.1, 0.15) is 6.10 Å². The van der Waals surface area contributed by atoms with Crippen LogP contribution < -0.4 is 4.74 Å². The molecule has 1 aromatic carbocycles. The van der Waals surface area contributed by atoms with Crippen molar-refractivity contribution >= 4 is 5.78 Å². The second-order valence-corrected chi connectivity index (χ2v) is 5.67. The van der Waals surface area contributed by atoms with Crippen molar-refractivity contribution in [3.63, 3.8) is 0 Å². The molecule has 1 N–H and O–H groups in total. The Morgan fingerprint density at radius 1 is 1.21 bits per heavy atom. The van der Waals surface area contributed by atoms with E-state index in [4.69, 9.17) is 4.74 Å². The van der Waals surface area contributed by atoms with E-state index < -0.39 is 18.3 Å². The number of aromatic nitrogens is 1. The van der Waals surface area contributed by atoms with E-state index in [9.17, 15) is 18.7 Å². The number of rotatable bonds is 5. The molecule has 0 saturated heterocycles. The number of hydrogen-bond acceptors (Lipinski definition) is 4. The van der Waals surface area contributed by atoms with Gasteiger partial charge in [0.2, 0.25) is 5.88 Å². The van der Waals surface area contributed by atoms with Crippen LogP contribution in [0.3, 0.4) is 0 Å². The number of aryl methyl sites for hydroxylation is 2. The van der Waals surface area contributed by atoms with Gasteiger partial charge in [-0.3, -0.25) is 4.79 Å². The highest BCUT2D eigenvalue weighted by Crippen LogP contribution is 2.37. The van der Waals surface area contributed by atoms with Crippen LogP contribution in [-0.2, 0) is 4.79 Å². The first-order chi connectivity index (χ1) is 11.3. The summed E-state index contributed by atoms with van der Waals surface area (Å²) in [5.74, 6) is -0.0667. The number of nitrogens with zero attached hydrogens (tertiary/aromatic N) is 1. The summed E-state index contributed by atoms with van der Waals surface area (Å²) in [6, 6.07) is 4.45. The second kappa shape index (κ2) is 7.05. The quantitative estimate of drug-likeness (QED) is 0.899. The van der Waals surface area contributed by atoms with Crippen LogP contribution in [0.5, 0.6) is 5.88 Å². The average molecular weight is 335 g/mol. The molecule has 128 valence electrons. The van der Waals surface area contributed by atoms with E-state index in [1.54, 1.807) is 26.0 Å². The normalized spacial score (nSPS) is 12.3. The van der Waals surface area contributed by atoms with Crippen LogP contribution >= 0.6 is 0 Å². The fraction of sp³-hybridized carbons (Fsp3) is 0.333. The molecule has 6 heteroatoms. The SMILES string of the molecule is COc1ncc(-c2c(C)cc(C(O)C(C)=O)cc2C(F)F)cc1C. The lowest BCUT2D eigenvalue weighted by Gasteiger charge is -2.17. The Morgan fingerprint density at radius 2 is 1.88 bits per heavy atom. The molecule has 1 aromatic heterocycles. The first-order valence-electron chi connectivity index (χ1n) is 7.38. The van der Waals surface area contributed by atoms with Crippen molar-refractivity contribution in [1.29, 1.82) is 0 Å². The van der Waals surface area contributed by atoms with Crippen LogP contribution in [0.1, 0.15) is 41.7 Å². The maximum absolute atomic E-state index is 13.6. The number of alkyl halides is 2. The summed E-state index contributed by atoms with van der Waals surface area (Å²) in [6.45, 7) is 4.66. The highest BCUT2D eigenvalue weighted by Gasteiger charge is 2.22. The molecule has 1 unspecified atom stereocenters. The molecule has 1 heterocycles. The molecule has 24 heavy (non-hydrogen) atoms. The third-order valence-corrected chi connectivity index (χ3v) is 3.84. The maximum Gasteiger partial charge on any atom is 0.264 e. The van der Waals surface area contributed by atoms with Crippen molar-refractivity contribution in [3.8, 4) is 17.0 Å². The Labute approximate surface area is 139 Å². The van der Waals surface area contributed by atoms with E-state index in [2.05, 4.69) is 4.98 Å². The summed E-state index contributed by atoms with van der Waals surface area (Å²) in [4.78, 5) is 15.5. The number of benzene rings is 1. The smallest absolute Gasteiger partial charge is 0.264 e. The van der Waals surface area contributed by atoms with Crippen molar-refractivity contribution in [1.82, 2.24) is 4.98 Å². The second-order valence-electron chi connectivity index (χ2n) is 5.67. The Kier molecular flexibility index (Phi) is 5.29. The predicted molar refractivity (Wildman–Crippen MR) is 86.3 cm³/mol. The van der Waals surface area contributed by atoms with Gasteiger partial charge in [0.25, 0.3) is 6.43 Å². The van der Waals surface area contributed by atoms with E-state index in [0.717, 1.165) is 5.56 Å². The van der Waals surface area contributed by atoms with Gasteiger partial charge in [0, 0.05) is 22.9 Å². The van der Waals surface area contributed by atoms with Crippen LogP contribution in [0, 0.1) is 13.8 Å². The van der Waals surface area contributed by atoms with Gasteiger partial charge in [-0.15, -0.1) is 0 Å². The first kappa shape index (κ1) is 18.0.